The van der Waals surface area contributed by atoms with Gasteiger partial charge in [0.05, 0.1) is 5.69 Å². The molecule has 1 rings (SSSR count). The molecular weight excluding hydrogens is 180 g/mol. The fourth-order valence-corrected chi connectivity index (χ4v) is 1.57. The first-order valence-electron chi connectivity index (χ1n) is 4.89. The second-order valence-electron chi connectivity index (χ2n) is 3.29. The number of aromatic nitrogens is 2. The van der Waals surface area contributed by atoms with E-state index in [2.05, 4.69) is 11.9 Å². The van der Waals surface area contributed by atoms with Gasteiger partial charge in [-0.2, -0.15) is 0 Å². The smallest absolute Gasteiger partial charge is 0.354 e. The summed E-state index contributed by atoms with van der Waals surface area (Å²) in [5.41, 5.74) is 1.01. The number of carbonyl (C=O) groups is 1. The van der Waals surface area contributed by atoms with Gasteiger partial charge in [-0.1, -0.05) is 13.8 Å². The van der Waals surface area contributed by atoms with Crippen molar-refractivity contribution in [3.05, 3.63) is 17.2 Å². The Morgan fingerprint density at radius 2 is 2.14 bits per heavy atom. The van der Waals surface area contributed by atoms with E-state index in [0.717, 1.165) is 18.7 Å². The molecule has 0 saturated carbocycles. The molecule has 0 fully saturated rings. The number of carboxylic acids is 1. The largest absolute Gasteiger partial charge is 0.477 e. The van der Waals surface area contributed by atoms with Crippen molar-refractivity contribution in [2.75, 3.05) is 0 Å². The van der Waals surface area contributed by atoms with Crippen molar-refractivity contribution in [2.45, 2.75) is 33.1 Å². The predicted molar refractivity (Wildman–Crippen MR) is 53.5 cm³/mol. The van der Waals surface area contributed by atoms with E-state index in [-0.39, 0.29) is 0 Å². The van der Waals surface area contributed by atoms with Crippen LogP contribution in [0.1, 0.15) is 42.3 Å². The molecule has 0 aliphatic carbocycles. The number of rotatable bonds is 4. The molecule has 0 aromatic carbocycles. The zero-order valence-electron chi connectivity index (χ0n) is 8.87. The maximum absolute atomic E-state index is 11.0. The molecule has 4 heteroatoms. The summed E-state index contributed by atoms with van der Waals surface area (Å²) in [4.78, 5) is 15.3. The molecule has 0 spiro atoms. The van der Waals surface area contributed by atoms with E-state index >= 15 is 0 Å². The van der Waals surface area contributed by atoms with E-state index < -0.39 is 5.97 Å². The Kier molecular flexibility index (Phi) is 3.28. The Morgan fingerprint density at radius 1 is 1.50 bits per heavy atom. The molecule has 0 atom stereocenters. The van der Waals surface area contributed by atoms with E-state index in [1.807, 2.05) is 6.92 Å². The molecule has 14 heavy (non-hydrogen) atoms. The van der Waals surface area contributed by atoms with Gasteiger partial charge in [-0.05, 0) is 12.8 Å². The first-order valence-corrected chi connectivity index (χ1v) is 4.89. The minimum atomic E-state index is -0.890. The molecule has 0 radical (unpaired) electrons. The topological polar surface area (TPSA) is 55.1 Å². The Hall–Kier alpha value is -1.32. The zero-order valence-corrected chi connectivity index (χ0v) is 8.87. The first-order chi connectivity index (χ1) is 6.61. The van der Waals surface area contributed by atoms with Crippen LogP contribution < -0.4 is 0 Å². The normalized spacial score (nSPS) is 10.5. The predicted octanol–water partition coefficient (Wildman–Crippen LogP) is 1.63. The summed E-state index contributed by atoms with van der Waals surface area (Å²) in [5, 5.41) is 9.00. The van der Waals surface area contributed by atoms with Crippen molar-refractivity contribution in [3.8, 4) is 0 Å². The standard InChI is InChI=1S/C10H16N2O2/c1-4-6-8-11-7(5-2)9(10(13)14)12(8)3/h4-6H2,1-3H3,(H,13,14). The number of aromatic carboxylic acids is 1. The highest BCUT2D eigenvalue weighted by Gasteiger charge is 2.18. The molecule has 1 aromatic heterocycles. The van der Waals surface area contributed by atoms with E-state index in [0.29, 0.717) is 17.8 Å². The van der Waals surface area contributed by atoms with Crippen LogP contribution in [0.15, 0.2) is 0 Å². The number of hydrogen-bond donors (Lipinski definition) is 1. The van der Waals surface area contributed by atoms with Crippen molar-refractivity contribution in [1.29, 1.82) is 0 Å². The Bertz CT molecular complexity index is 342. The summed E-state index contributed by atoms with van der Waals surface area (Å²) in [5.74, 6) is -0.0269. The lowest BCUT2D eigenvalue weighted by atomic mass is 10.2. The lowest BCUT2D eigenvalue weighted by Gasteiger charge is -2.01. The quantitative estimate of drug-likeness (QED) is 0.796. The Labute approximate surface area is 83.6 Å². The third-order valence-electron chi connectivity index (χ3n) is 2.27. The molecule has 0 bridgehead atoms. The maximum Gasteiger partial charge on any atom is 0.354 e. The van der Waals surface area contributed by atoms with Gasteiger partial charge >= 0.3 is 5.97 Å². The van der Waals surface area contributed by atoms with Crippen molar-refractivity contribution < 1.29 is 9.90 Å². The van der Waals surface area contributed by atoms with Crippen LogP contribution >= 0.6 is 0 Å². The molecule has 78 valence electrons. The maximum atomic E-state index is 11.0. The van der Waals surface area contributed by atoms with Crippen molar-refractivity contribution in [3.63, 3.8) is 0 Å². The van der Waals surface area contributed by atoms with Gasteiger partial charge in [-0.15, -0.1) is 0 Å². The molecule has 0 unspecified atom stereocenters. The SMILES string of the molecule is CCCc1nc(CC)c(C(=O)O)n1C. The van der Waals surface area contributed by atoms with E-state index in [4.69, 9.17) is 5.11 Å². The average Bonchev–Trinajstić information content (AvgIpc) is 2.44. The van der Waals surface area contributed by atoms with Gasteiger partial charge < -0.3 is 9.67 Å². The molecule has 0 aliphatic heterocycles. The van der Waals surface area contributed by atoms with Crippen LogP contribution in [-0.4, -0.2) is 20.6 Å². The number of nitrogens with zero attached hydrogens (tertiary/aromatic N) is 2. The molecular formula is C10H16N2O2. The number of carboxylic acid groups (broad SMARTS) is 1. The minimum Gasteiger partial charge on any atom is -0.477 e. The summed E-state index contributed by atoms with van der Waals surface area (Å²) in [6.07, 6.45) is 2.48. The Morgan fingerprint density at radius 3 is 2.50 bits per heavy atom. The van der Waals surface area contributed by atoms with Gasteiger partial charge in [0, 0.05) is 13.5 Å². The van der Waals surface area contributed by atoms with Crippen molar-refractivity contribution in [2.24, 2.45) is 7.05 Å². The molecule has 0 amide bonds. The number of aryl methyl sites for hydroxylation is 2. The van der Waals surface area contributed by atoms with E-state index in [9.17, 15) is 4.79 Å². The summed E-state index contributed by atoms with van der Waals surface area (Å²) >= 11 is 0. The van der Waals surface area contributed by atoms with E-state index in [1.54, 1.807) is 11.6 Å². The number of hydrogen-bond acceptors (Lipinski definition) is 2. The van der Waals surface area contributed by atoms with Gasteiger partial charge in [0.15, 0.2) is 0 Å². The van der Waals surface area contributed by atoms with Crippen LogP contribution in [-0.2, 0) is 19.9 Å². The second kappa shape index (κ2) is 4.26. The van der Waals surface area contributed by atoms with Crippen LogP contribution in [0.4, 0.5) is 0 Å². The zero-order chi connectivity index (χ0) is 10.7. The van der Waals surface area contributed by atoms with Gasteiger partial charge in [-0.3, -0.25) is 0 Å². The fraction of sp³-hybridized carbons (Fsp3) is 0.600. The lowest BCUT2D eigenvalue weighted by Crippen LogP contribution is -2.08. The number of imidazole rings is 1. The van der Waals surface area contributed by atoms with Crippen LogP contribution in [0.5, 0.6) is 0 Å². The summed E-state index contributed by atoms with van der Waals surface area (Å²) in [6.45, 7) is 3.98. The fourth-order valence-electron chi connectivity index (χ4n) is 1.57. The molecule has 1 heterocycles. The summed E-state index contributed by atoms with van der Waals surface area (Å²) < 4.78 is 1.69. The molecule has 0 aliphatic rings. The van der Waals surface area contributed by atoms with Crippen molar-refractivity contribution in [1.82, 2.24) is 9.55 Å². The van der Waals surface area contributed by atoms with Gasteiger partial charge in [0.1, 0.15) is 11.5 Å². The van der Waals surface area contributed by atoms with Crippen LogP contribution in [0.3, 0.4) is 0 Å². The molecule has 1 N–H and O–H groups in total. The average molecular weight is 196 g/mol. The third-order valence-corrected chi connectivity index (χ3v) is 2.27. The lowest BCUT2D eigenvalue weighted by molar-refractivity contribution is 0.0685. The molecule has 0 saturated heterocycles. The minimum absolute atomic E-state index is 0.330. The highest BCUT2D eigenvalue weighted by molar-refractivity contribution is 5.87. The van der Waals surface area contributed by atoms with Crippen LogP contribution in [0.25, 0.3) is 0 Å². The van der Waals surface area contributed by atoms with Crippen LogP contribution in [0.2, 0.25) is 0 Å². The monoisotopic (exact) mass is 196 g/mol. The Balaban J connectivity index is 3.18. The highest BCUT2D eigenvalue weighted by Crippen LogP contribution is 2.12. The second-order valence-corrected chi connectivity index (χ2v) is 3.29. The van der Waals surface area contributed by atoms with Crippen LogP contribution in [0, 0.1) is 0 Å². The van der Waals surface area contributed by atoms with E-state index in [1.165, 1.54) is 0 Å². The van der Waals surface area contributed by atoms with Gasteiger partial charge in [0.25, 0.3) is 0 Å². The first kappa shape index (κ1) is 10.8. The molecule has 4 nitrogen and oxygen atoms in total. The highest BCUT2D eigenvalue weighted by atomic mass is 16.4. The van der Waals surface area contributed by atoms with Gasteiger partial charge in [0.2, 0.25) is 0 Å². The third kappa shape index (κ3) is 1.78. The van der Waals surface area contributed by atoms with Crippen molar-refractivity contribution >= 4 is 5.97 Å². The summed E-state index contributed by atoms with van der Waals surface area (Å²) in [6, 6.07) is 0. The van der Waals surface area contributed by atoms with Gasteiger partial charge in [-0.25, -0.2) is 9.78 Å². The molecule has 1 aromatic rings. The summed E-state index contributed by atoms with van der Waals surface area (Å²) in [7, 11) is 1.76.